The molecule has 5 nitrogen and oxygen atoms in total. The first kappa shape index (κ1) is 11.3. The van der Waals surface area contributed by atoms with Crippen molar-refractivity contribution < 1.29 is 9.18 Å². The van der Waals surface area contributed by atoms with Crippen LogP contribution in [0.3, 0.4) is 0 Å². The number of halogens is 1. The van der Waals surface area contributed by atoms with Crippen molar-refractivity contribution in [1.29, 1.82) is 0 Å². The number of hydrogen-bond donors (Lipinski definition) is 1. The molecule has 0 atom stereocenters. The third-order valence-corrected chi connectivity index (χ3v) is 2.53. The molecular formula is C11H11FN4O. The molecule has 0 aliphatic carbocycles. The molecule has 2 N–H and O–H groups in total. The Balaban J connectivity index is 2.53. The molecule has 0 saturated heterocycles. The molecule has 17 heavy (non-hydrogen) atoms. The monoisotopic (exact) mass is 234 g/mol. The molecule has 1 heterocycles. The largest absolute Gasteiger partial charge is 0.364 e. The highest BCUT2D eigenvalue weighted by Crippen LogP contribution is 2.15. The van der Waals surface area contributed by atoms with Gasteiger partial charge in [-0.2, -0.15) is 0 Å². The Bertz CT molecular complexity index is 591. The summed E-state index contributed by atoms with van der Waals surface area (Å²) in [6, 6.07) is 4.67. The van der Waals surface area contributed by atoms with E-state index in [0.29, 0.717) is 16.9 Å². The van der Waals surface area contributed by atoms with E-state index in [4.69, 9.17) is 5.73 Å². The second-order valence-corrected chi connectivity index (χ2v) is 3.73. The minimum absolute atomic E-state index is 0.0889. The second-order valence-electron chi connectivity index (χ2n) is 3.73. The Morgan fingerprint density at radius 1 is 1.41 bits per heavy atom. The van der Waals surface area contributed by atoms with Crippen LogP contribution in [0.25, 0.3) is 5.69 Å². The summed E-state index contributed by atoms with van der Waals surface area (Å²) in [7, 11) is 0. The summed E-state index contributed by atoms with van der Waals surface area (Å²) in [6.07, 6.45) is 0. The molecule has 6 heteroatoms. The van der Waals surface area contributed by atoms with Gasteiger partial charge in [-0.15, -0.1) is 5.10 Å². The van der Waals surface area contributed by atoms with Gasteiger partial charge in [-0.3, -0.25) is 4.79 Å². The van der Waals surface area contributed by atoms with Gasteiger partial charge in [0.2, 0.25) is 0 Å². The third-order valence-electron chi connectivity index (χ3n) is 2.53. The molecule has 0 saturated carbocycles. The van der Waals surface area contributed by atoms with Gasteiger partial charge in [0.15, 0.2) is 5.69 Å². The Hall–Kier alpha value is -2.24. The van der Waals surface area contributed by atoms with Crippen molar-refractivity contribution in [3.05, 3.63) is 41.0 Å². The lowest BCUT2D eigenvalue weighted by Crippen LogP contribution is -2.13. The second kappa shape index (κ2) is 3.97. The minimum Gasteiger partial charge on any atom is -0.364 e. The molecular weight excluding hydrogens is 223 g/mol. The van der Waals surface area contributed by atoms with Gasteiger partial charge in [-0.1, -0.05) is 11.3 Å². The normalized spacial score (nSPS) is 10.5. The highest BCUT2D eigenvalue weighted by Gasteiger charge is 2.14. The maximum Gasteiger partial charge on any atom is 0.271 e. The maximum absolute atomic E-state index is 13.4. The van der Waals surface area contributed by atoms with Crippen molar-refractivity contribution in [1.82, 2.24) is 15.0 Å². The van der Waals surface area contributed by atoms with Crippen molar-refractivity contribution in [3.8, 4) is 5.69 Å². The Morgan fingerprint density at radius 3 is 2.65 bits per heavy atom. The van der Waals surface area contributed by atoms with Gasteiger partial charge >= 0.3 is 0 Å². The number of carbonyl (C=O) groups is 1. The zero-order valence-corrected chi connectivity index (χ0v) is 9.44. The Labute approximate surface area is 97.0 Å². The van der Waals surface area contributed by atoms with E-state index >= 15 is 0 Å². The summed E-state index contributed by atoms with van der Waals surface area (Å²) in [5.74, 6) is -0.987. The van der Waals surface area contributed by atoms with E-state index < -0.39 is 5.91 Å². The number of nitrogens with zero attached hydrogens (tertiary/aromatic N) is 3. The fraction of sp³-hybridized carbons (Fsp3) is 0.182. The lowest BCUT2D eigenvalue weighted by Gasteiger charge is -2.04. The first-order valence-electron chi connectivity index (χ1n) is 4.99. The Morgan fingerprint density at radius 2 is 2.12 bits per heavy atom. The topological polar surface area (TPSA) is 73.8 Å². The van der Waals surface area contributed by atoms with E-state index in [1.165, 1.54) is 10.7 Å². The molecule has 1 aromatic carbocycles. The van der Waals surface area contributed by atoms with Gasteiger partial charge in [0, 0.05) is 0 Å². The molecule has 1 aromatic heterocycles. The van der Waals surface area contributed by atoms with Crippen molar-refractivity contribution in [2.45, 2.75) is 13.8 Å². The van der Waals surface area contributed by atoms with Crippen LogP contribution in [0.5, 0.6) is 0 Å². The van der Waals surface area contributed by atoms with Crippen molar-refractivity contribution in [2.75, 3.05) is 0 Å². The van der Waals surface area contributed by atoms with E-state index in [9.17, 15) is 9.18 Å². The van der Waals surface area contributed by atoms with E-state index in [0.717, 1.165) is 0 Å². The van der Waals surface area contributed by atoms with Crippen LogP contribution in [0.2, 0.25) is 0 Å². The zero-order chi connectivity index (χ0) is 12.6. The van der Waals surface area contributed by atoms with Crippen LogP contribution in [-0.4, -0.2) is 20.9 Å². The first-order valence-corrected chi connectivity index (χ1v) is 4.99. The number of carbonyl (C=O) groups excluding carboxylic acids is 1. The van der Waals surface area contributed by atoms with E-state index in [-0.39, 0.29) is 11.5 Å². The van der Waals surface area contributed by atoms with E-state index in [1.807, 2.05) is 0 Å². The van der Waals surface area contributed by atoms with Gasteiger partial charge in [0.1, 0.15) is 5.82 Å². The van der Waals surface area contributed by atoms with E-state index in [2.05, 4.69) is 10.3 Å². The summed E-state index contributed by atoms with van der Waals surface area (Å²) >= 11 is 0. The smallest absolute Gasteiger partial charge is 0.271 e. The molecule has 0 fully saturated rings. The minimum atomic E-state index is -0.652. The molecule has 0 aliphatic heterocycles. The fourth-order valence-electron chi connectivity index (χ4n) is 1.52. The molecule has 1 amide bonds. The first-order chi connectivity index (χ1) is 8.00. The van der Waals surface area contributed by atoms with Crippen LogP contribution in [0.4, 0.5) is 4.39 Å². The quantitative estimate of drug-likeness (QED) is 0.846. The average molecular weight is 234 g/mol. The Kier molecular flexibility index (Phi) is 2.63. The van der Waals surface area contributed by atoms with Crippen LogP contribution in [-0.2, 0) is 0 Å². The van der Waals surface area contributed by atoms with Gasteiger partial charge in [0.25, 0.3) is 5.91 Å². The highest BCUT2D eigenvalue weighted by molar-refractivity contribution is 5.91. The standard InChI is InChI=1S/C11H11FN4O/c1-6-3-4-8(5-9(6)12)16-7(2)10(11(13)17)14-15-16/h3-5H,1-2H3,(H2,13,17). The lowest BCUT2D eigenvalue weighted by molar-refractivity contribution is 0.0995. The number of amides is 1. The van der Waals surface area contributed by atoms with Gasteiger partial charge in [-0.05, 0) is 31.5 Å². The van der Waals surface area contributed by atoms with Crippen molar-refractivity contribution >= 4 is 5.91 Å². The molecule has 88 valence electrons. The van der Waals surface area contributed by atoms with Crippen LogP contribution in [0.15, 0.2) is 18.2 Å². The van der Waals surface area contributed by atoms with E-state index in [1.54, 1.807) is 26.0 Å². The molecule has 2 rings (SSSR count). The van der Waals surface area contributed by atoms with Crippen molar-refractivity contribution in [2.24, 2.45) is 5.73 Å². The molecule has 0 radical (unpaired) electrons. The molecule has 0 spiro atoms. The van der Waals surface area contributed by atoms with Crippen LogP contribution >= 0.6 is 0 Å². The summed E-state index contributed by atoms with van der Waals surface area (Å²) in [5.41, 5.74) is 6.76. The molecule has 2 aromatic rings. The molecule has 0 unspecified atom stereocenters. The van der Waals surface area contributed by atoms with Crippen LogP contribution < -0.4 is 5.73 Å². The molecule has 0 aliphatic rings. The summed E-state index contributed by atoms with van der Waals surface area (Å²) in [6.45, 7) is 3.32. The summed E-state index contributed by atoms with van der Waals surface area (Å²) in [5, 5.41) is 7.44. The SMILES string of the molecule is Cc1ccc(-n2nnc(C(N)=O)c2C)cc1F. The predicted octanol–water partition coefficient (Wildman–Crippen LogP) is 1.12. The number of hydrogen-bond acceptors (Lipinski definition) is 3. The number of nitrogens with two attached hydrogens (primary N) is 1. The average Bonchev–Trinajstić information content (AvgIpc) is 2.64. The number of primary amides is 1. The number of benzene rings is 1. The van der Waals surface area contributed by atoms with Crippen molar-refractivity contribution in [3.63, 3.8) is 0 Å². The van der Waals surface area contributed by atoms with Gasteiger partial charge < -0.3 is 5.73 Å². The van der Waals surface area contributed by atoms with Gasteiger partial charge in [0.05, 0.1) is 11.4 Å². The number of aromatic nitrogens is 3. The predicted molar refractivity (Wildman–Crippen MR) is 59.3 cm³/mol. The summed E-state index contributed by atoms with van der Waals surface area (Å²) < 4.78 is 14.8. The third kappa shape index (κ3) is 1.89. The lowest BCUT2D eigenvalue weighted by atomic mass is 10.2. The number of aryl methyl sites for hydroxylation is 1. The van der Waals surface area contributed by atoms with Crippen LogP contribution in [0.1, 0.15) is 21.7 Å². The number of rotatable bonds is 2. The maximum atomic E-state index is 13.4. The van der Waals surface area contributed by atoms with Gasteiger partial charge in [-0.25, -0.2) is 9.07 Å². The zero-order valence-electron chi connectivity index (χ0n) is 9.44. The van der Waals surface area contributed by atoms with Crippen LogP contribution in [0, 0.1) is 19.7 Å². The summed E-state index contributed by atoms with van der Waals surface area (Å²) in [4.78, 5) is 11.0. The fourth-order valence-corrected chi connectivity index (χ4v) is 1.52. The molecule has 0 bridgehead atoms. The highest BCUT2D eigenvalue weighted by atomic mass is 19.1.